The molecule has 2 N–H and O–H groups in total. The number of rotatable bonds is 5. The van der Waals surface area contributed by atoms with Gasteiger partial charge in [-0.1, -0.05) is 0 Å². The Hall–Kier alpha value is -3.28. The molecule has 1 aromatic heterocycles. The molecule has 0 bridgehead atoms. The first-order chi connectivity index (χ1) is 16.1. The molecule has 0 saturated carbocycles. The highest BCUT2D eigenvalue weighted by atomic mass is 32.2. The van der Waals surface area contributed by atoms with Crippen LogP contribution in [0.5, 0.6) is 0 Å². The molecular formula is C23H26N4O6S. The Balaban J connectivity index is 1.53. The Morgan fingerprint density at radius 1 is 1.09 bits per heavy atom. The van der Waals surface area contributed by atoms with E-state index in [1.54, 1.807) is 6.92 Å². The second-order valence-electron chi connectivity index (χ2n) is 8.30. The van der Waals surface area contributed by atoms with E-state index in [0.29, 0.717) is 11.1 Å². The first-order valence-electron chi connectivity index (χ1n) is 10.9. The van der Waals surface area contributed by atoms with Gasteiger partial charge in [0.15, 0.2) is 0 Å². The van der Waals surface area contributed by atoms with Crippen molar-refractivity contribution >= 4 is 32.5 Å². The smallest absolute Gasteiger partial charge is 0.328 e. The number of morpholine rings is 1. The van der Waals surface area contributed by atoms with Crippen LogP contribution < -0.4 is 16.6 Å². The number of hydrogen-bond donors (Lipinski definition) is 2. The largest absolute Gasteiger partial charge is 0.373 e. The number of hydrogen-bond acceptors (Lipinski definition) is 6. The van der Waals surface area contributed by atoms with Crippen LogP contribution >= 0.6 is 0 Å². The molecule has 180 valence electrons. The number of amides is 1. The van der Waals surface area contributed by atoms with Gasteiger partial charge in [-0.25, -0.2) is 13.2 Å². The molecule has 1 amide bonds. The minimum atomic E-state index is -3.69. The van der Waals surface area contributed by atoms with Crippen LogP contribution in [0.25, 0.3) is 10.9 Å². The van der Waals surface area contributed by atoms with Gasteiger partial charge in [-0.3, -0.25) is 14.2 Å². The van der Waals surface area contributed by atoms with Gasteiger partial charge in [0.2, 0.25) is 10.0 Å². The average Bonchev–Trinajstić information content (AvgIpc) is 2.78. The first kappa shape index (κ1) is 23.9. The van der Waals surface area contributed by atoms with Gasteiger partial charge in [0.05, 0.1) is 28.0 Å². The number of carbonyl (C=O) groups is 1. The topological polar surface area (TPSA) is 131 Å². The summed E-state index contributed by atoms with van der Waals surface area (Å²) >= 11 is 0. The Labute approximate surface area is 196 Å². The van der Waals surface area contributed by atoms with Crippen LogP contribution in [-0.2, 0) is 21.3 Å². The van der Waals surface area contributed by atoms with Crippen molar-refractivity contribution < 1.29 is 17.9 Å². The molecule has 34 heavy (non-hydrogen) atoms. The highest BCUT2D eigenvalue weighted by Crippen LogP contribution is 2.23. The number of aromatic amines is 1. The molecule has 10 nitrogen and oxygen atoms in total. The first-order valence-corrected chi connectivity index (χ1v) is 12.4. The van der Waals surface area contributed by atoms with E-state index in [9.17, 15) is 22.8 Å². The standard InChI is InChI=1S/C23H26N4O6S/c1-4-27-22(29)19-10-5-16(11-20(19)25-23(27)30)21(28)24-17-6-8-18(9-7-17)34(31,32)26-12-14(2)33-15(3)13-26/h5-11,14-15H,4,12-13H2,1-3H3,(H,24,28)(H,25,30). The molecule has 1 saturated heterocycles. The molecule has 0 radical (unpaired) electrons. The minimum absolute atomic E-state index is 0.127. The Kier molecular flexibility index (Phi) is 6.43. The predicted octanol–water partition coefficient (Wildman–Crippen LogP) is 1.76. The molecule has 3 aromatic rings. The van der Waals surface area contributed by atoms with Crippen LogP contribution in [0.4, 0.5) is 5.69 Å². The summed E-state index contributed by atoms with van der Waals surface area (Å²) in [6.45, 7) is 6.15. The molecule has 1 fully saturated rings. The molecule has 4 rings (SSSR count). The van der Waals surface area contributed by atoms with Crippen molar-refractivity contribution in [3.05, 3.63) is 68.9 Å². The van der Waals surface area contributed by atoms with Gasteiger partial charge < -0.3 is 15.0 Å². The summed E-state index contributed by atoms with van der Waals surface area (Å²) in [6.07, 6.45) is -0.391. The van der Waals surface area contributed by atoms with Gasteiger partial charge in [0.1, 0.15) is 0 Å². The van der Waals surface area contributed by atoms with Gasteiger partial charge >= 0.3 is 5.69 Å². The normalized spacial score (nSPS) is 19.3. The van der Waals surface area contributed by atoms with Crippen molar-refractivity contribution in [3.63, 3.8) is 0 Å². The van der Waals surface area contributed by atoms with E-state index in [4.69, 9.17) is 4.74 Å². The lowest BCUT2D eigenvalue weighted by Crippen LogP contribution is -2.48. The number of anilines is 1. The Morgan fingerprint density at radius 3 is 2.35 bits per heavy atom. The Bertz CT molecular complexity index is 1450. The van der Waals surface area contributed by atoms with E-state index in [1.165, 1.54) is 46.8 Å². The van der Waals surface area contributed by atoms with Crippen molar-refractivity contribution in [3.8, 4) is 0 Å². The molecule has 1 aliphatic rings. The predicted molar refractivity (Wildman–Crippen MR) is 128 cm³/mol. The van der Waals surface area contributed by atoms with Gasteiger partial charge in [-0.2, -0.15) is 4.31 Å². The number of H-pyrrole nitrogens is 1. The zero-order valence-corrected chi connectivity index (χ0v) is 19.9. The number of nitrogens with zero attached hydrogens (tertiary/aromatic N) is 2. The zero-order chi connectivity index (χ0) is 24.6. The number of carbonyl (C=O) groups excluding carboxylic acids is 1. The summed E-state index contributed by atoms with van der Waals surface area (Å²) in [5, 5.41) is 3.01. The lowest BCUT2D eigenvalue weighted by molar-refractivity contribution is -0.0440. The fourth-order valence-electron chi connectivity index (χ4n) is 4.07. The third-order valence-electron chi connectivity index (χ3n) is 5.70. The van der Waals surface area contributed by atoms with Crippen LogP contribution in [0.15, 0.2) is 56.9 Å². The van der Waals surface area contributed by atoms with E-state index in [0.717, 1.165) is 4.57 Å². The number of benzene rings is 2. The maximum atomic E-state index is 13.0. The van der Waals surface area contributed by atoms with E-state index in [-0.39, 0.29) is 47.8 Å². The highest BCUT2D eigenvalue weighted by molar-refractivity contribution is 7.89. The fourth-order valence-corrected chi connectivity index (χ4v) is 5.66. The molecule has 2 atom stereocenters. The number of sulfonamides is 1. The number of nitrogens with one attached hydrogen (secondary N) is 2. The molecule has 1 aliphatic heterocycles. The summed E-state index contributed by atoms with van der Waals surface area (Å²) in [5.74, 6) is -0.464. The van der Waals surface area contributed by atoms with Crippen molar-refractivity contribution in [1.82, 2.24) is 13.9 Å². The second-order valence-corrected chi connectivity index (χ2v) is 10.2. The van der Waals surface area contributed by atoms with Crippen LogP contribution in [-0.4, -0.2) is 53.5 Å². The van der Waals surface area contributed by atoms with Crippen molar-refractivity contribution in [2.24, 2.45) is 0 Å². The maximum Gasteiger partial charge on any atom is 0.328 e. The quantitative estimate of drug-likeness (QED) is 0.565. The highest BCUT2D eigenvalue weighted by Gasteiger charge is 2.32. The summed E-state index contributed by atoms with van der Waals surface area (Å²) < 4.78 is 34.1. The third-order valence-corrected chi connectivity index (χ3v) is 7.54. The maximum absolute atomic E-state index is 13.0. The molecule has 2 unspecified atom stereocenters. The SMILES string of the molecule is CCn1c(=O)[nH]c2cc(C(=O)Nc3ccc(S(=O)(=O)N4CC(C)OC(C)C4)cc3)ccc2c1=O. The van der Waals surface area contributed by atoms with E-state index in [2.05, 4.69) is 10.3 Å². The lowest BCUT2D eigenvalue weighted by atomic mass is 10.1. The molecule has 0 spiro atoms. The van der Waals surface area contributed by atoms with Crippen LogP contribution in [0.3, 0.4) is 0 Å². The fraction of sp³-hybridized carbons (Fsp3) is 0.348. The molecule has 11 heteroatoms. The summed E-state index contributed by atoms with van der Waals surface area (Å²) in [5.41, 5.74) is -0.0531. The summed E-state index contributed by atoms with van der Waals surface area (Å²) in [6, 6.07) is 10.3. The average molecular weight is 487 g/mol. The van der Waals surface area contributed by atoms with Gasteiger partial charge in [-0.05, 0) is 63.2 Å². The summed E-state index contributed by atoms with van der Waals surface area (Å²) in [7, 11) is -3.69. The van der Waals surface area contributed by atoms with Crippen LogP contribution in [0, 0.1) is 0 Å². The van der Waals surface area contributed by atoms with E-state index < -0.39 is 27.2 Å². The van der Waals surface area contributed by atoms with Crippen molar-refractivity contribution in [1.29, 1.82) is 0 Å². The third kappa shape index (κ3) is 4.54. The van der Waals surface area contributed by atoms with E-state index >= 15 is 0 Å². The van der Waals surface area contributed by atoms with Crippen LogP contribution in [0.1, 0.15) is 31.1 Å². The minimum Gasteiger partial charge on any atom is -0.373 e. The zero-order valence-electron chi connectivity index (χ0n) is 19.1. The monoisotopic (exact) mass is 486 g/mol. The molecule has 2 aromatic carbocycles. The Morgan fingerprint density at radius 2 is 1.74 bits per heavy atom. The molecular weight excluding hydrogens is 460 g/mol. The number of ether oxygens (including phenoxy) is 1. The number of fused-ring (bicyclic) bond motifs is 1. The van der Waals surface area contributed by atoms with Gasteiger partial charge in [-0.15, -0.1) is 0 Å². The van der Waals surface area contributed by atoms with Crippen molar-refractivity contribution in [2.45, 2.75) is 44.4 Å². The van der Waals surface area contributed by atoms with E-state index in [1.807, 2.05) is 13.8 Å². The van der Waals surface area contributed by atoms with Gasteiger partial charge in [0.25, 0.3) is 11.5 Å². The summed E-state index contributed by atoms with van der Waals surface area (Å²) in [4.78, 5) is 39.9. The second kappa shape index (κ2) is 9.16. The van der Waals surface area contributed by atoms with Crippen molar-refractivity contribution in [2.75, 3.05) is 18.4 Å². The molecule has 0 aliphatic carbocycles. The van der Waals surface area contributed by atoms with Crippen LogP contribution in [0.2, 0.25) is 0 Å². The number of aromatic nitrogens is 2. The lowest BCUT2D eigenvalue weighted by Gasteiger charge is -2.34. The van der Waals surface area contributed by atoms with Gasteiger partial charge in [0, 0.05) is 30.9 Å². The molecule has 2 heterocycles.